The lowest BCUT2D eigenvalue weighted by molar-refractivity contribution is -0.221. The van der Waals surface area contributed by atoms with Gasteiger partial charge in [-0.2, -0.15) is 0 Å². The molecule has 0 fully saturated rings. The Morgan fingerprint density at radius 3 is 2.45 bits per heavy atom. The molecule has 0 bridgehead atoms. The third-order valence-corrected chi connectivity index (χ3v) is 1.59. The predicted molar refractivity (Wildman–Crippen MR) is 38.8 cm³/mol. The fourth-order valence-corrected chi connectivity index (χ4v) is 1.21. The maximum Gasteiger partial charge on any atom is 0.499 e. The standard InChI is InChI=1S/C5H13O5P/c1-4-8-10-11(6,7)9-5(2)3/h5H,4H2,1-3H3,(H,6,7). The third-order valence-electron chi connectivity index (χ3n) is 0.609. The van der Waals surface area contributed by atoms with Crippen LogP contribution in [0.2, 0.25) is 0 Å². The number of hydrogen-bond donors (Lipinski definition) is 1. The van der Waals surface area contributed by atoms with Crippen molar-refractivity contribution in [1.29, 1.82) is 0 Å². The Hall–Kier alpha value is 0.0700. The van der Waals surface area contributed by atoms with Crippen LogP contribution in [0, 0.1) is 0 Å². The Balaban J connectivity index is 3.71. The highest BCUT2D eigenvalue weighted by Crippen LogP contribution is 2.44. The van der Waals surface area contributed by atoms with E-state index in [0.29, 0.717) is 0 Å². The van der Waals surface area contributed by atoms with Gasteiger partial charge in [-0.1, -0.05) is 0 Å². The molecule has 1 unspecified atom stereocenters. The molecule has 68 valence electrons. The van der Waals surface area contributed by atoms with Crippen LogP contribution in [0.4, 0.5) is 0 Å². The lowest BCUT2D eigenvalue weighted by Gasteiger charge is -2.12. The highest BCUT2D eigenvalue weighted by molar-refractivity contribution is 7.47. The maximum atomic E-state index is 10.8. The van der Waals surface area contributed by atoms with Crippen LogP contribution in [0.5, 0.6) is 0 Å². The van der Waals surface area contributed by atoms with Gasteiger partial charge in [-0.15, -0.1) is 4.67 Å². The third kappa shape index (κ3) is 6.47. The molecule has 0 aliphatic rings. The van der Waals surface area contributed by atoms with Crippen LogP contribution in [-0.2, 0) is 18.7 Å². The van der Waals surface area contributed by atoms with Gasteiger partial charge in [0.05, 0.1) is 12.7 Å². The van der Waals surface area contributed by atoms with Crippen molar-refractivity contribution in [3.05, 3.63) is 0 Å². The minimum Gasteiger partial charge on any atom is -0.301 e. The van der Waals surface area contributed by atoms with E-state index in [4.69, 9.17) is 4.89 Å². The Bertz CT molecular complexity index is 146. The molecule has 1 N–H and O–H groups in total. The SMILES string of the molecule is CCOOP(=O)(O)OC(C)C. The first-order chi connectivity index (χ1) is 4.98. The van der Waals surface area contributed by atoms with Crippen LogP contribution in [0.15, 0.2) is 0 Å². The van der Waals surface area contributed by atoms with Crippen LogP contribution in [0.1, 0.15) is 20.8 Å². The van der Waals surface area contributed by atoms with E-state index in [1.165, 1.54) is 0 Å². The first kappa shape index (κ1) is 11.1. The molecule has 0 spiro atoms. The first-order valence-corrected chi connectivity index (χ1v) is 4.80. The van der Waals surface area contributed by atoms with Crippen molar-refractivity contribution in [2.45, 2.75) is 26.9 Å². The van der Waals surface area contributed by atoms with E-state index in [1.807, 2.05) is 0 Å². The first-order valence-electron chi connectivity index (χ1n) is 3.30. The van der Waals surface area contributed by atoms with E-state index >= 15 is 0 Å². The van der Waals surface area contributed by atoms with Gasteiger partial charge in [0.25, 0.3) is 0 Å². The van der Waals surface area contributed by atoms with Gasteiger partial charge in [-0.25, -0.2) is 9.45 Å². The minimum atomic E-state index is -3.99. The molecule has 0 saturated heterocycles. The number of phosphoric acid groups is 1. The van der Waals surface area contributed by atoms with E-state index in [1.54, 1.807) is 20.8 Å². The van der Waals surface area contributed by atoms with Crippen LogP contribution in [0.25, 0.3) is 0 Å². The summed E-state index contributed by atoms with van der Waals surface area (Å²) in [7, 11) is -3.99. The summed E-state index contributed by atoms with van der Waals surface area (Å²) in [6.45, 7) is 5.08. The van der Waals surface area contributed by atoms with Gasteiger partial charge in [0.15, 0.2) is 0 Å². The second-order valence-corrected chi connectivity index (χ2v) is 3.40. The zero-order valence-electron chi connectivity index (χ0n) is 6.81. The predicted octanol–water partition coefficient (Wildman–Crippen LogP) is 1.48. The minimum absolute atomic E-state index is 0.200. The summed E-state index contributed by atoms with van der Waals surface area (Å²) in [4.78, 5) is 13.1. The fourth-order valence-electron chi connectivity index (χ4n) is 0.403. The zero-order chi connectivity index (χ0) is 8.91. The summed E-state index contributed by atoms with van der Waals surface area (Å²) in [6.07, 6.45) is -0.369. The molecule has 0 aromatic carbocycles. The average Bonchev–Trinajstić information content (AvgIpc) is 1.81. The molecule has 0 aliphatic heterocycles. The second kappa shape index (κ2) is 4.85. The van der Waals surface area contributed by atoms with Crippen LogP contribution in [0.3, 0.4) is 0 Å². The van der Waals surface area contributed by atoms with Crippen molar-refractivity contribution in [3.63, 3.8) is 0 Å². The van der Waals surface area contributed by atoms with Crippen LogP contribution >= 0.6 is 7.82 Å². The number of hydrogen-bond acceptors (Lipinski definition) is 4. The molecule has 0 aliphatic carbocycles. The molecule has 0 rings (SSSR count). The molecule has 0 aromatic rings. The van der Waals surface area contributed by atoms with Crippen LogP contribution < -0.4 is 0 Å². The number of rotatable bonds is 5. The van der Waals surface area contributed by atoms with Gasteiger partial charge in [0, 0.05) is 0 Å². The molecular formula is C5H13O5P. The maximum absolute atomic E-state index is 10.8. The van der Waals surface area contributed by atoms with Gasteiger partial charge in [-0.05, 0) is 20.8 Å². The second-order valence-electron chi connectivity index (χ2n) is 2.10. The molecule has 0 amide bonds. The highest BCUT2D eigenvalue weighted by atomic mass is 31.2. The van der Waals surface area contributed by atoms with E-state index in [9.17, 15) is 4.57 Å². The normalized spacial score (nSPS) is 16.8. The molecule has 5 nitrogen and oxygen atoms in total. The monoisotopic (exact) mass is 184 g/mol. The van der Waals surface area contributed by atoms with Crippen molar-refractivity contribution in [3.8, 4) is 0 Å². The van der Waals surface area contributed by atoms with Gasteiger partial charge in [0.2, 0.25) is 0 Å². The molecule has 0 radical (unpaired) electrons. The summed E-state index contributed by atoms with van der Waals surface area (Å²) >= 11 is 0. The Morgan fingerprint density at radius 2 is 2.09 bits per heavy atom. The van der Waals surface area contributed by atoms with E-state index in [2.05, 4.69) is 14.1 Å². The lowest BCUT2D eigenvalue weighted by atomic mass is 10.5. The summed E-state index contributed by atoms with van der Waals surface area (Å²) in [6, 6.07) is 0. The Morgan fingerprint density at radius 1 is 1.55 bits per heavy atom. The topological polar surface area (TPSA) is 65.0 Å². The average molecular weight is 184 g/mol. The molecular weight excluding hydrogens is 171 g/mol. The fraction of sp³-hybridized carbons (Fsp3) is 1.00. The molecule has 0 saturated carbocycles. The Kier molecular flexibility index (Phi) is 4.88. The molecule has 0 aromatic heterocycles. The summed E-state index contributed by atoms with van der Waals surface area (Å²) < 4.78 is 19.4. The van der Waals surface area contributed by atoms with Crippen molar-refractivity contribution in [2.75, 3.05) is 6.61 Å². The largest absolute Gasteiger partial charge is 0.499 e. The van der Waals surface area contributed by atoms with Gasteiger partial charge < -0.3 is 4.89 Å². The summed E-state index contributed by atoms with van der Waals surface area (Å²) in [5.41, 5.74) is 0. The van der Waals surface area contributed by atoms with E-state index in [0.717, 1.165) is 0 Å². The lowest BCUT2D eigenvalue weighted by Crippen LogP contribution is -2.03. The highest BCUT2D eigenvalue weighted by Gasteiger charge is 2.23. The van der Waals surface area contributed by atoms with Crippen molar-refractivity contribution >= 4 is 7.82 Å². The quantitative estimate of drug-likeness (QED) is 0.398. The van der Waals surface area contributed by atoms with Gasteiger partial charge in [-0.3, -0.25) is 4.52 Å². The van der Waals surface area contributed by atoms with E-state index < -0.39 is 7.82 Å². The van der Waals surface area contributed by atoms with E-state index in [-0.39, 0.29) is 12.7 Å². The summed E-state index contributed by atoms with van der Waals surface area (Å²) in [5.74, 6) is 0. The van der Waals surface area contributed by atoms with Crippen molar-refractivity contribution in [1.82, 2.24) is 0 Å². The van der Waals surface area contributed by atoms with Gasteiger partial charge in [0.1, 0.15) is 0 Å². The molecule has 1 atom stereocenters. The zero-order valence-corrected chi connectivity index (χ0v) is 7.71. The Labute approximate surface area is 65.8 Å². The van der Waals surface area contributed by atoms with Crippen molar-refractivity contribution in [2.24, 2.45) is 0 Å². The summed E-state index contributed by atoms with van der Waals surface area (Å²) in [5, 5.41) is 0. The molecule has 0 heterocycles. The molecule has 11 heavy (non-hydrogen) atoms. The molecule has 6 heteroatoms. The smallest absolute Gasteiger partial charge is 0.301 e. The number of phosphoric ester groups is 1. The van der Waals surface area contributed by atoms with Gasteiger partial charge >= 0.3 is 7.82 Å². The van der Waals surface area contributed by atoms with Crippen LogP contribution in [-0.4, -0.2) is 17.6 Å². The van der Waals surface area contributed by atoms with Crippen molar-refractivity contribution < 1.29 is 23.5 Å².